The highest BCUT2D eigenvalue weighted by molar-refractivity contribution is 6.07. The first-order chi connectivity index (χ1) is 23.4. The van der Waals surface area contributed by atoms with Crippen LogP contribution in [0.1, 0.15) is 70.6 Å². The summed E-state index contributed by atoms with van der Waals surface area (Å²) in [6.45, 7) is 9.52. The van der Waals surface area contributed by atoms with Crippen molar-refractivity contribution in [3.8, 4) is 11.5 Å². The number of aromatic nitrogens is 6. The van der Waals surface area contributed by atoms with E-state index in [1.165, 1.54) is 12.8 Å². The summed E-state index contributed by atoms with van der Waals surface area (Å²) in [6.07, 6.45) is 4.11. The number of aryl methyl sites for hydroxylation is 2. The number of esters is 2. The first kappa shape index (κ1) is 32.3. The van der Waals surface area contributed by atoms with E-state index in [0.717, 1.165) is 46.0 Å². The Morgan fingerprint density at radius 1 is 0.688 bits per heavy atom. The standard InChI is InChI=1S/C34H36N6O8/c1-5-43-33(41)31-21(3)39(27-11-9-23(15-25(27)31)45-17-29-37-35-19-47-29)13-7-8-14-40-22(4)32(34(42)44-6-2)26-16-24(10-12-28(26)40)46-18-30-38-36-20-48-30/h9-12,15-16,19-20H,5-8,13-14,17-18H2,1-4H3. The third kappa shape index (κ3) is 6.59. The van der Waals surface area contributed by atoms with Gasteiger partial charge in [0, 0.05) is 46.3 Å². The minimum Gasteiger partial charge on any atom is -0.484 e. The molecule has 6 rings (SSSR count). The first-order valence-electron chi connectivity index (χ1n) is 15.7. The van der Waals surface area contributed by atoms with E-state index in [4.69, 9.17) is 27.8 Å². The Hall–Kier alpha value is -5.66. The van der Waals surface area contributed by atoms with Crippen molar-refractivity contribution < 1.29 is 37.4 Å². The lowest BCUT2D eigenvalue weighted by Crippen LogP contribution is -2.09. The molecule has 0 unspecified atom stereocenters. The van der Waals surface area contributed by atoms with Gasteiger partial charge in [0.15, 0.2) is 13.2 Å². The van der Waals surface area contributed by atoms with Crippen molar-refractivity contribution in [2.24, 2.45) is 0 Å². The van der Waals surface area contributed by atoms with Crippen molar-refractivity contribution in [3.05, 3.63) is 83.5 Å². The number of carbonyl (C=O) groups excluding carboxylic acids is 2. The van der Waals surface area contributed by atoms with Crippen LogP contribution in [-0.2, 0) is 35.8 Å². The number of carbonyl (C=O) groups is 2. The third-order valence-corrected chi connectivity index (χ3v) is 8.10. The molecular weight excluding hydrogens is 620 g/mol. The lowest BCUT2D eigenvalue weighted by Gasteiger charge is -2.12. The summed E-state index contributed by atoms with van der Waals surface area (Å²) in [5.41, 5.74) is 4.47. The van der Waals surface area contributed by atoms with Crippen LogP contribution in [0, 0.1) is 13.8 Å². The Labute approximate surface area is 275 Å². The van der Waals surface area contributed by atoms with Gasteiger partial charge in [0.05, 0.1) is 24.3 Å². The molecule has 0 amide bonds. The van der Waals surface area contributed by atoms with Gasteiger partial charge in [-0.3, -0.25) is 0 Å². The van der Waals surface area contributed by atoms with E-state index >= 15 is 0 Å². The number of ether oxygens (including phenoxy) is 4. The van der Waals surface area contributed by atoms with Crippen LogP contribution < -0.4 is 9.47 Å². The van der Waals surface area contributed by atoms with Crippen LogP contribution in [0.3, 0.4) is 0 Å². The fourth-order valence-corrected chi connectivity index (χ4v) is 5.95. The topological polar surface area (TPSA) is 159 Å². The lowest BCUT2D eigenvalue weighted by molar-refractivity contribution is 0.0517. The molecule has 0 aliphatic heterocycles. The second-order valence-electron chi connectivity index (χ2n) is 11.0. The lowest BCUT2D eigenvalue weighted by atomic mass is 10.1. The Morgan fingerprint density at radius 2 is 1.12 bits per heavy atom. The number of unbranched alkanes of at least 4 members (excludes halogenated alkanes) is 1. The molecule has 0 N–H and O–H groups in total. The summed E-state index contributed by atoms with van der Waals surface area (Å²) < 4.78 is 37.2. The van der Waals surface area contributed by atoms with Crippen molar-refractivity contribution in [1.82, 2.24) is 29.5 Å². The summed E-state index contributed by atoms with van der Waals surface area (Å²) in [5, 5.41) is 16.5. The minimum atomic E-state index is -0.380. The molecule has 2 aromatic carbocycles. The van der Waals surface area contributed by atoms with Gasteiger partial charge in [-0.25, -0.2) is 9.59 Å². The third-order valence-electron chi connectivity index (χ3n) is 8.10. The number of hydrogen-bond acceptors (Lipinski definition) is 12. The van der Waals surface area contributed by atoms with Crippen molar-refractivity contribution in [2.75, 3.05) is 13.2 Å². The molecule has 0 bridgehead atoms. The van der Waals surface area contributed by atoms with Crippen LogP contribution in [0.2, 0.25) is 0 Å². The Bertz CT molecular complexity index is 1880. The van der Waals surface area contributed by atoms with Crippen molar-refractivity contribution in [2.45, 2.75) is 66.8 Å². The van der Waals surface area contributed by atoms with E-state index in [0.29, 0.717) is 47.5 Å². The second-order valence-corrected chi connectivity index (χ2v) is 11.0. The molecule has 0 spiro atoms. The number of benzene rings is 2. The van der Waals surface area contributed by atoms with E-state index in [1.807, 2.05) is 50.2 Å². The summed E-state index contributed by atoms with van der Waals surface area (Å²) in [5.74, 6) is 1.08. The summed E-state index contributed by atoms with van der Waals surface area (Å²) in [6, 6.07) is 11.3. The molecule has 0 saturated heterocycles. The average molecular weight is 657 g/mol. The van der Waals surface area contributed by atoms with E-state index in [1.54, 1.807) is 13.8 Å². The van der Waals surface area contributed by atoms with Gasteiger partial charge >= 0.3 is 11.9 Å². The predicted octanol–water partition coefficient (Wildman–Crippen LogP) is 5.97. The van der Waals surface area contributed by atoms with Gasteiger partial charge in [-0.05, 0) is 76.9 Å². The molecular formula is C34H36N6O8. The molecule has 0 saturated carbocycles. The molecule has 6 aromatic rings. The zero-order valence-corrected chi connectivity index (χ0v) is 27.2. The molecule has 0 aliphatic rings. The quantitative estimate of drug-likeness (QED) is 0.0943. The fourth-order valence-electron chi connectivity index (χ4n) is 5.95. The maximum atomic E-state index is 13.1. The van der Waals surface area contributed by atoms with Crippen LogP contribution in [0.25, 0.3) is 21.8 Å². The molecule has 4 aromatic heterocycles. The van der Waals surface area contributed by atoms with E-state index in [2.05, 4.69) is 29.5 Å². The first-order valence-corrected chi connectivity index (χ1v) is 15.7. The Balaban J connectivity index is 1.21. The monoisotopic (exact) mass is 656 g/mol. The summed E-state index contributed by atoms with van der Waals surface area (Å²) >= 11 is 0. The highest BCUT2D eigenvalue weighted by Crippen LogP contribution is 2.33. The number of hydrogen-bond donors (Lipinski definition) is 0. The normalized spacial score (nSPS) is 11.3. The van der Waals surface area contributed by atoms with Crippen molar-refractivity contribution >= 4 is 33.7 Å². The van der Waals surface area contributed by atoms with Crippen LogP contribution in [-0.4, -0.2) is 54.7 Å². The van der Waals surface area contributed by atoms with Crippen LogP contribution in [0.5, 0.6) is 11.5 Å². The molecule has 48 heavy (non-hydrogen) atoms. The number of rotatable bonds is 15. The van der Waals surface area contributed by atoms with Crippen LogP contribution in [0.15, 0.2) is 58.0 Å². The molecule has 0 fully saturated rings. The molecule has 14 nitrogen and oxygen atoms in total. The average Bonchev–Trinajstić information content (AvgIpc) is 3.88. The van der Waals surface area contributed by atoms with E-state index < -0.39 is 0 Å². The number of fused-ring (bicyclic) bond motifs is 2. The molecule has 14 heteroatoms. The smallest absolute Gasteiger partial charge is 0.340 e. The largest absolute Gasteiger partial charge is 0.484 e. The predicted molar refractivity (Wildman–Crippen MR) is 172 cm³/mol. The van der Waals surface area contributed by atoms with Gasteiger partial charge in [0.25, 0.3) is 11.8 Å². The highest BCUT2D eigenvalue weighted by Gasteiger charge is 2.23. The van der Waals surface area contributed by atoms with Crippen LogP contribution >= 0.6 is 0 Å². The maximum Gasteiger partial charge on any atom is 0.340 e. The van der Waals surface area contributed by atoms with Gasteiger partial charge < -0.3 is 36.9 Å². The van der Waals surface area contributed by atoms with Gasteiger partial charge in [0.2, 0.25) is 12.8 Å². The van der Waals surface area contributed by atoms with Gasteiger partial charge in [0.1, 0.15) is 11.5 Å². The van der Waals surface area contributed by atoms with E-state index in [9.17, 15) is 9.59 Å². The van der Waals surface area contributed by atoms with Gasteiger partial charge in [-0.2, -0.15) is 0 Å². The maximum absolute atomic E-state index is 13.1. The van der Waals surface area contributed by atoms with Gasteiger partial charge in [-0.15, -0.1) is 20.4 Å². The van der Waals surface area contributed by atoms with Crippen LogP contribution in [0.4, 0.5) is 0 Å². The summed E-state index contributed by atoms with van der Waals surface area (Å²) in [4.78, 5) is 26.2. The van der Waals surface area contributed by atoms with E-state index in [-0.39, 0.29) is 38.4 Å². The molecule has 0 radical (unpaired) electrons. The molecule has 250 valence electrons. The van der Waals surface area contributed by atoms with Crippen molar-refractivity contribution in [1.29, 1.82) is 0 Å². The molecule has 0 atom stereocenters. The second kappa shape index (κ2) is 14.4. The minimum absolute atomic E-state index is 0.111. The molecule has 0 aliphatic carbocycles. The van der Waals surface area contributed by atoms with Crippen molar-refractivity contribution in [3.63, 3.8) is 0 Å². The van der Waals surface area contributed by atoms with Gasteiger partial charge in [-0.1, -0.05) is 0 Å². The highest BCUT2D eigenvalue weighted by atomic mass is 16.5. The Kier molecular flexibility index (Phi) is 9.69. The zero-order chi connectivity index (χ0) is 33.6. The Morgan fingerprint density at radius 3 is 1.50 bits per heavy atom. The zero-order valence-electron chi connectivity index (χ0n) is 27.2. The SMILES string of the molecule is CCOC(=O)c1c(C)n(CCCCn2c(C)c(C(=O)OCC)c3cc(OCc4nnco4)ccc32)c2ccc(OCc3nnco3)cc12. The fraction of sp³-hybridized carbons (Fsp3) is 0.353. The molecule has 4 heterocycles. The number of nitrogens with zero attached hydrogens (tertiary/aromatic N) is 6. The summed E-state index contributed by atoms with van der Waals surface area (Å²) in [7, 11) is 0.